The monoisotopic (exact) mass is 249 g/mol. The highest BCUT2D eigenvalue weighted by molar-refractivity contribution is 5.83. The van der Waals surface area contributed by atoms with E-state index in [0.717, 1.165) is 5.69 Å². The number of nitrogens with one attached hydrogen (secondary N) is 1. The number of hydrogen-bond acceptors (Lipinski definition) is 3. The first kappa shape index (κ1) is 11.2. The van der Waals surface area contributed by atoms with Gasteiger partial charge < -0.3 is 5.32 Å². The van der Waals surface area contributed by atoms with E-state index < -0.39 is 0 Å². The third kappa shape index (κ3) is 2.00. The molecular weight excluding hydrogens is 238 g/mol. The van der Waals surface area contributed by atoms with Crippen molar-refractivity contribution in [2.24, 2.45) is 0 Å². The van der Waals surface area contributed by atoms with Crippen LogP contribution >= 0.6 is 0 Å². The van der Waals surface area contributed by atoms with Crippen molar-refractivity contribution in [3.63, 3.8) is 0 Å². The van der Waals surface area contributed by atoms with Crippen molar-refractivity contribution in [2.45, 2.75) is 6.92 Å². The number of anilines is 2. The highest BCUT2D eigenvalue weighted by atomic mass is 15.3. The zero-order valence-corrected chi connectivity index (χ0v) is 10.3. The molecule has 2 heterocycles. The first-order valence-electron chi connectivity index (χ1n) is 5.82. The first-order chi connectivity index (χ1) is 9.28. The zero-order chi connectivity index (χ0) is 13.2. The van der Waals surface area contributed by atoms with Gasteiger partial charge in [0.05, 0.1) is 6.57 Å². The fraction of sp³-hybridized carbons (Fsp3) is 0.0714. The first-order valence-corrected chi connectivity index (χ1v) is 5.82. The van der Waals surface area contributed by atoms with Crippen LogP contribution in [0.1, 0.15) is 5.56 Å². The van der Waals surface area contributed by atoms with E-state index in [1.807, 2.05) is 31.2 Å². The molecule has 3 aromatic rings. The van der Waals surface area contributed by atoms with Crippen molar-refractivity contribution >= 4 is 22.8 Å². The van der Waals surface area contributed by atoms with E-state index >= 15 is 0 Å². The summed E-state index contributed by atoms with van der Waals surface area (Å²) in [5.41, 5.74) is 3.08. The molecule has 0 bridgehead atoms. The highest BCUT2D eigenvalue weighted by Gasteiger charge is 2.13. The van der Waals surface area contributed by atoms with E-state index in [1.54, 1.807) is 23.0 Å². The van der Waals surface area contributed by atoms with Gasteiger partial charge >= 0.3 is 0 Å². The van der Waals surface area contributed by atoms with Gasteiger partial charge in [0.15, 0.2) is 11.5 Å². The molecule has 1 aromatic carbocycles. The Labute approximate surface area is 110 Å². The third-order valence-corrected chi connectivity index (χ3v) is 2.80. The normalized spacial score (nSPS) is 10.3. The van der Waals surface area contributed by atoms with Gasteiger partial charge in [-0.2, -0.15) is 5.10 Å². The Morgan fingerprint density at radius 1 is 1.26 bits per heavy atom. The van der Waals surface area contributed by atoms with E-state index in [4.69, 9.17) is 6.57 Å². The largest absolute Gasteiger partial charge is 0.348 e. The molecule has 0 unspecified atom stereocenters. The lowest BCUT2D eigenvalue weighted by atomic mass is 10.2. The lowest BCUT2D eigenvalue weighted by molar-refractivity contribution is 0.943. The summed E-state index contributed by atoms with van der Waals surface area (Å²) in [5.74, 6) is 0.526. The summed E-state index contributed by atoms with van der Waals surface area (Å²) < 4.78 is 1.60. The second-order valence-electron chi connectivity index (χ2n) is 4.19. The molecule has 5 nitrogen and oxygen atoms in total. The average molecular weight is 249 g/mol. The van der Waals surface area contributed by atoms with Crippen molar-refractivity contribution in [1.82, 2.24) is 14.6 Å². The number of benzene rings is 1. The molecule has 0 aliphatic rings. The summed E-state index contributed by atoms with van der Waals surface area (Å²) in [6, 6.07) is 9.71. The maximum atomic E-state index is 7.27. The predicted octanol–water partition coefficient (Wildman–Crippen LogP) is 3.33. The molecule has 0 spiro atoms. The lowest BCUT2D eigenvalue weighted by Gasteiger charge is -2.03. The van der Waals surface area contributed by atoms with Crippen LogP contribution in [0.25, 0.3) is 10.5 Å². The summed E-state index contributed by atoms with van der Waals surface area (Å²) in [6.07, 6.45) is 3.43. The SMILES string of the molecule is [C-]#[N+]c1c(Nc2ccc(C)cc2)nn2cccnc12. The van der Waals surface area contributed by atoms with Crippen molar-refractivity contribution in [3.05, 3.63) is 59.7 Å². The van der Waals surface area contributed by atoms with E-state index in [2.05, 4.69) is 20.2 Å². The number of nitrogens with zero attached hydrogens (tertiary/aromatic N) is 4. The van der Waals surface area contributed by atoms with E-state index in [1.165, 1.54) is 5.56 Å². The van der Waals surface area contributed by atoms with E-state index in [9.17, 15) is 0 Å². The molecule has 92 valence electrons. The van der Waals surface area contributed by atoms with Gasteiger partial charge in [0.2, 0.25) is 0 Å². The van der Waals surface area contributed by atoms with Gasteiger partial charge in [-0.25, -0.2) is 14.3 Å². The summed E-state index contributed by atoms with van der Waals surface area (Å²) >= 11 is 0. The molecule has 2 aromatic heterocycles. The lowest BCUT2D eigenvalue weighted by Crippen LogP contribution is -1.92. The Morgan fingerprint density at radius 2 is 2.05 bits per heavy atom. The quantitative estimate of drug-likeness (QED) is 0.708. The molecule has 1 N–H and O–H groups in total. The van der Waals surface area contributed by atoms with Crippen LogP contribution in [-0.2, 0) is 0 Å². The van der Waals surface area contributed by atoms with Crippen LogP contribution in [0.3, 0.4) is 0 Å². The van der Waals surface area contributed by atoms with Gasteiger partial charge in [-0.05, 0) is 25.1 Å². The Kier molecular flexibility index (Phi) is 2.62. The fourth-order valence-electron chi connectivity index (χ4n) is 1.84. The van der Waals surface area contributed by atoms with Crippen molar-refractivity contribution < 1.29 is 0 Å². The number of hydrogen-bond donors (Lipinski definition) is 1. The van der Waals surface area contributed by atoms with Crippen LogP contribution in [0.15, 0.2) is 42.7 Å². The van der Waals surface area contributed by atoms with Crippen LogP contribution in [0.5, 0.6) is 0 Å². The topological polar surface area (TPSA) is 46.6 Å². The molecule has 0 radical (unpaired) electrons. The van der Waals surface area contributed by atoms with Gasteiger partial charge in [0.1, 0.15) is 0 Å². The number of aryl methyl sites for hydroxylation is 1. The maximum absolute atomic E-state index is 7.27. The molecule has 0 saturated carbocycles. The van der Waals surface area contributed by atoms with Crippen LogP contribution in [-0.4, -0.2) is 14.6 Å². The molecular formula is C14H11N5. The summed E-state index contributed by atoms with van der Waals surface area (Å²) in [6.45, 7) is 9.31. The fourth-order valence-corrected chi connectivity index (χ4v) is 1.84. The minimum atomic E-state index is 0.432. The Bertz CT molecular complexity index is 765. The van der Waals surface area contributed by atoms with E-state index in [0.29, 0.717) is 17.2 Å². The number of rotatable bonds is 2. The molecule has 0 atom stereocenters. The summed E-state index contributed by atoms with van der Waals surface area (Å²) in [4.78, 5) is 7.69. The second-order valence-corrected chi connectivity index (χ2v) is 4.19. The highest BCUT2D eigenvalue weighted by Crippen LogP contribution is 2.30. The third-order valence-electron chi connectivity index (χ3n) is 2.80. The van der Waals surface area contributed by atoms with E-state index in [-0.39, 0.29) is 0 Å². The standard InChI is InChI=1S/C14H11N5/c1-10-4-6-11(7-5-10)17-13-12(15-2)14-16-8-3-9-19(14)18-13/h3-9H,1H3,(H,17,18). The molecule has 0 saturated heterocycles. The van der Waals surface area contributed by atoms with Gasteiger partial charge in [-0.15, -0.1) is 0 Å². The molecule has 19 heavy (non-hydrogen) atoms. The van der Waals surface area contributed by atoms with Crippen molar-refractivity contribution in [1.29, 1.82) is 0 Å². The van der Waals surface area contributed by atoms with Crippen LogP contribution in [0.2, 0.25) is 0 Å². The van der Waals surface area contributed by atoms with Crippen molar-refractivity contribution in [3.8, 4) is 0 Å². The molecule has 0 aliphatic heterocycles. The van der Waals surface area contributed by atoms with Crippen LogP contribution < -0.4 is 5.32 Å². The predicted molar refractivity (Wildman–Crippen MR) is 73.7 cm³/mol. The zero-order valence-electron chi connectivity index (χ0n) is 10.3. The van der Waals surface area contributed by atoms with Crippen molar-refractivity contribution in [2.75, 3.05) is 5.32 Å². The molecule has 5 heteroatoms. The molecule has 0 aliphatic carbocycles. The minimum absolute atomic E-state index is 0.432. The van der Waals surface area contributed by atoms with Gasteiger partial charge in [0.25, 0.3) is 5.69 Å². The summed E-state index contributed by atoms with van der Waals surface area (Å²) in [7, 11) is 0. The molecule has 0 fully saturated rings. The smallest absolute Gasteiger partial charge is 0.273 e. The maximum Gasteiger partial charge on any atom is 0.273 e. The minimum Gasteiger partial charge on any atom is -0.348 e. The second kappa shape index (κ2) is 4.42. The Morgan fingerprint density at radius 3 is 2.79 bits per heavy atom. The van der Waals surface area contributed by atoms with Gasteiger partial charge in [0, 0.05) is 18.1 Å². The van der Waals surface area contributed by atoms with Crippen LogP contribution in [0.4, 0.5) is 17.2 Å². The van der Waals surface area contributed by atoms with Gasteiger partial charge in [-0.1, -0.05) is 17.7 Å². The number of fused-ring (bicyclic) bond motifs is 1. The molecule has 0 amide bonds. The summed E-state index contributed by atoms with van der Waals surface area (Å²) in [5, 5.41) is 7.48. The van der Waals surface area contributed by atoms with Crippen LogP contribution in [0, 0.1) is 13.5 Å². The average Bonchev–Trinajstić information content (AvgIpc) is 2.78. The molecule has 3 rings (SSSR count). The Balaban J connectivity index is 2.05. The number of aromatic nitrogens is 3. The Hall–Kier alpha value is -2.87. The van der Waals surface area contributed by atoms with Gasteiger partial charge in [-0.3, -0.25) is 0 Å².